The fourth-order valence-electron chi connectivity index (χ4n) is 3.73. The van der Waals surface area contributed by atoms with Crippen LogP contribution in [0.2, 0.25) is 5.02 Å². The number of nitro groups is 1. The second-order valence-corrected chi connectivity index (χ2v) is 8.51. The molecule has 4 rings (SSSR count). The lowest BCUT2D eigenvalue weighted by molar-refractivity contribution is -0.384. The van der Waals surface area contributed by atoms with Gasteiger partial charge in [0.2, 0.25) is 0 Å². The highest BCUT2D eigenvalue weighted by Gasteiger charge is 2.16. The summed E-state index contributed by atoms with van der Waals surface area (Å²) in [5.41, 5.74) is 5.00. The SMILES string of the molecule is C=CCc1cc(C=NNC(=O)c2cc3cc([N+](=O)[O-])ccc3o2)cc(OCC)c1OCc1ccccc1Cl. The normalized spacial score (nSPS) is 11.0. The van der Waals surface area contributed by atoms with E-state index in [-0.39, 0.29) is 18.1 Å². The van der Waals surface area contributed by atoms with E-state index in [4.69, 9.17) is 25.5 Å². The predicted molar refractivity (Wildman–Crippen MR) is 145 cm³/mol. The van der Waals surface area contributed by atoms with Gasteiger partial charge >= 0.3 is 5.91 Å². The summed E-state index contributed by atoms with van der Waals surface area (Å²) in [6.45, 7) is 6.37. The summed E-state index contributed by atoms with van der Waals surface area (Å²) in [6, 6.07) is 16.6. The number of nitro benzene ring substituents is 1. The van der Waals surface area contributed by atoms with E-state index in [0.29, 0.717) is 46.1 Å². The standard InChI is InChI=1S/C28H24ClN3O6/c1-3-7-19-12-18(13-25(36-4-2)27(19)37-17-20-8-5-6-9-23(20)29)16-30-31-28(33)26-15-21-14-22(32(34)35)10-11-24(21)38-26/h3,5-6,8-16H,1,4,7,17H2,2H3,(H,31,33). The smallest absolute Gasteiger partial charge is 0.307 e. The second kappa shape index (κ2) is 12.1. The Balaban J connectivity index is 1.53. The number of fused-ring (bicyclic) bond motifs is 1. The molecular formula is C28H24ClN3O6. The first kappa shape index (κ1) is 26.4. The van der Waals surface area contributed by atoms with Crippen LogP contribution in [0.4, 0.5) is 5.69 Å². The lowest BCUT2D eigenvalue weighted by Gasteiger charge is -2.17. The molecule has 1 amide bonds. The third kappa shape index (κ3) is 6.19. The Morgan fingerprint density at radius 1 is 1.16 bits per heavy atom. The highest BCUT2D eigenvalue weighted by Crippen LogP contribution is 2.35. The Labute approximate surface area is 223 Å². The second-order valence-electron chi connectivity index (χ2n) is 8.10. The van der Waals surface area contributed by atoms with Crippen molar-refractivity contribution < 1.29 is 23.6 Å². The molecule has 0 unspecified atom stereocenters. The maximum absolute atomic E-state index is 12.5. The average Bonchev–Trinajstić information content (AvgIpc) is 3.33. The van der Waals surface area contributed by atoms with Gasteiger partial charge in [0.1, 0.15) is 12.2 Å². The van der Waals surface area contributed by atoms with Crippen LogP contribution in [0.25, 0.3) is 11.0 Å². The number of halogens is 1. The first-order valence-electron chi connectivity index (χ1n) is 11.7. The molecule has 4 aromatic rings. The van der Waals surface area contributed by atoms with Crippen molar-refractivity contribution in [3.05, 3.63) is 111 Å². The van der Waals surface area contributed by atoms with E-state index >= 15 is 0 Å². The molecule has 9 nitrogen and oxygen atoms in total. The van der Waals surface area contributed by atoms with Gasteiger partial charge in [-0.3, -0.25) is 14.9 Å². The van der Waals surface area contributed by atoms with Gasteiger partial charge in [-0.25, -0.2) is 5.43 Å². The Morgan fingerprint density at radius 3 is 2.71 bits per heavy atom. The Hall–Kier alpha value is -4.63. The third-order valence-electron chi connectivity index (χ3n) is 5.46. The number of furan rings is 1. The monoisotopic (exact) mass is 533 g/mol. The fraction of sp³-hybridized carbons (Fsp3) is 0.143. The number of carbonyl (C=O) groups is 1. The minimum Gasteiger partial charge on any atom is -0.490 e. The molecule has 0 spiro atoms. The summed E-state index contributed by atoms with van der Waals surface area (Å²) in [5, 5.41) is 16.1. The van der Waals surface area contributed by atoms with Crippen molar-refractivity contribution in [1.29, 1.82) is 0 Å². The van der Waals surface area contributed by atoms with Crippen molar-refractivity contribution in [1.82, 2.24) is 5.43 Å². The minimum atomic E-state index is -0.601. The van der Waals surface area contributed by atoms with Crippen molar-refractivity contribution in [3.8, 4) is 11.5 Å². The molecule has 0 aliphatic heterocycles. The van der Waals surface area contributed by atoms with E-state index in [1.165, 1.54) is 30.5 Å². The number of amides is 1. The van der Waals surface area contributed by atoms with Crippen LogP contribution in [0.5, 0.6) is 11.5 Å². The van der Waals surface area contributed by atoms with Gasteiger partial charge in [0.15, 0.2) is 17.3 Å². The lowest BCUT2D eigenvalue weighted by Crippen LogP contribution is -2.16. The maximum Gasteiger partial charge on any atom is 0.307 e. The van der Waals surface area contributed by atoms with Crippen molar-refractivity contribution in [2.24, 2.45) is 5.10 Å². The summed E-state index contributed by atoms with van der Waals surface area (Å²) < 4.78 is 17.4. The zero-order chi connectivity index (χ0) is 27.1. The number of nitrogens with zero attached hydrogens (tertiary/aromatic N) is 2. The number of ether oxygens (including phenoxy) is 2. The first-order chi connectivity index (χ1) is 18.4. The molecule has 1 heterocycles. The van der Waals surface area contributed by atoms with E-state index in [1.54, 1.807) is 18.2 Å². The summed E-state index contributed by atoms with van der Waals surface area (Å²) in [4.78, 5) is 23.0. The van der Waals surface area contributed by atoms with Crippen LogP contribution in [0, 0.1) is 10.1 Å². The van der Waals surface area contributed by atoms with E-state index < -0.39 is 10.8 Å². The largest absolute Gasteiger partial charge is 0.490 e. The summed E-state index contributed by atoms with van der Waals surface area (Å²) in [5.74, 6) is 0.467. The van der Waals surface area contributed by atoms with Crippen LogP contribution in [-0.2, 0) is 13.0 Å². The van der Waals surface area contributed by atoms with Gasteiger partial charge in [0, 0.05) is 33.7 Å². The number of rotatable bonds is 11. The van der Waals surface area contributed by atoms with Gasteiger partial charge in [0.25, 0.3) is 5.69 Å². The van der Waals surface area contributed by atoms with E-state index in [9.17, 15) is 14.9 Å². The molecule has 0 radical (unpaired) electrons. The molecule has 1 N–H and O–H groups in total. The number of benzene rings is 3. The predicted octanol–water partition coefficient (Wildman–Crippen LogP) is 6.46. The highest BCUT2D eigenvalue weighted by molar-refractivity contribution is 6.31. The quantitative estimate of drug-likeness (QED) is 0.102. The lowest BCUT2D eigenvalue weighted by atomic mass is 10.1. The number of allylic oxidation sites excluding steroid dienone is 1. The summed E-state index contributed by atoms with van der Waals surface area (Å²) in [7, 11) is 0. The fourth-order valence-corrected chi connectivity index (χ4v) is 3.92. The number of hydrogen-bond acceptors (Lipinski definition) is 7. The Bertz CT molecular complexity index is 1530. The molecule has 10 heteroatoms. The number of carbonyl (C=O) groups excluding carboxylic acids is 1. The van der Waals surface area contributed by atoms with Crippen molar-refractivity contribution >= 4 is 40.4 Å². The van der Waals surface area contributed by atoms with E-state index in [2.05, 4.69) is 17.1 Å². The Morgan fingerprint density at radius 2 is 1.97 bits per heavy atom. The zero-order valence-electron chi connectivity index (χ0n) is 20.5. The van der Waals surface area contributed by atoms with E-state index in [0.717, 1.165) is 11.1 Å². The van der Waals surface area contributed by atoms with Crippen molar-refractivity contribution in [3.63, 3.8) is 0 Å². The molecule has 0 aliphatic rings. The number of hydrazone groups is 1. The van der Waals surface area contributed by atoms with Gasteiger partial charge in [-0.2, -0.15) is 5.10 Å². The molecule has 194 valence electrons. The molecule has 38 heavy (non-hydrogen) atoms. The molecule has 0 atom stereocenters. The molecule has 1 aromatic heterocycles. The van der Waals surface area contributed by atoms with Crippen LogP contribution < -0.4 is 14.9 Å². The van der Waals surface area contributed by atoms with Crippen LogP contribution in [0.1, 0.15) is 34.2 Å². The first-order valence-corrected chi connectivity index (χ1v) is 12.1. The van der Waals surface area contributed by atoms with Gasteiger partial charge in [-0.05, 0) is 49.2 Å². The summed E-state index contributed by atoms with van der Waals surface area (Å²) in [6.07, 6.45) is 3.73. The van der Waals surface area contributed by atoms with Gasteiger partial charge in [-0.15, -0.1) is 6.58 Å². The van der Waals surface area contributed by atoms with Crippen molar-refractivity contribution in [2.75, 3.05) is 6.61 Å². The molecule has 0 fully saturated rings. The Kier molecular flexibility index (Phi) is 8.40. The topological polar surface area (TPSA) is 116 Å². The van der Waals surface area contributed by atoms with Crippen LogP contribution >= 0.6 is 11.6 Å². The number of hydrogen-bond donors (Lipinski definition) is 1. The number of nitrogens with one attached hydrogen (secondary N) is 1. The van der Waals surface area contributed by atoms with Crippen LogP contribution in [0.3, 0.4) is 0 Å². The maximum atomic E-state index is 12.5. The van der Waals surface area contributed by atoms with Crippen molar-refractivity contribution in [2.45, 2.75) is 20.0 Å². The molecule has 0 saturated carbocycles. The van der Waals surface area contributed by atoms with Crippen LogP contribution in [-0.4, -0.2) is 23.7 Å². The number of non-ortho nitro benzene ring substituents is 1. The molecule has 0 saturated heterocycles. The molecule has 0 bridgehead atoms. The van der Waals surface area contributed by atoms with Crippen LogP contribution in [0.15, 0.2) is 82.8 Å². The van der Waals surface area contributed by atoms with Gasteiger partial charge < -0.3 is 13.9 Å². The molecular weight excluding hydrogens is 510 g/mol. The van der Waals surface area contributed by atoms with Gasteiger partial charge in [0.05, 0.1) is 17.7 Å². The zero-order valence-corrected chi connectivity index (χ0v) is 21.2. The minimum absolute atomic E-state index is 0.0247. The van der Waals surface area contributed by atoms with Gasteiger partial charge in [-0.1, -0.05) is 35.9 Å². The summed E-state index contributed by atoms with van der Waals surface area (Å²) >= 11 is 6.27. The molecule has 3 aromatic carbocycles. The third-order valence-corrected chi connectivity index (χ3v) is 5.83. The van der Waals surface area contributed by atoms with E-state index in [1.807, 2.05) is 31.2 Å². The highest BCUT2D eigenvalue weighted by atomic mass is 35.5. The molecule has 0 aliphatic carbocycles. The average molecular weight is 534 g/mol.